The van der Waals surface area contributed by atoms with Crippen LogP contribution >= 0.6 is 0 Å². The van der Waals surface area contributed by atoms with Crippen molar-refractivity contribution >= 4 is 5.97 Å². The van der Waals surface area contributed by atoms with Crippen molar-refractivity contribution in [2.24, 2.45) is 0 Å². The van der Waals surface area contributed by atoms with E-state index >= 15 is 0 Å². The quantitative estimate of drug-likeness (QED) is 0.457. The fraction of sp³-hybridized carbons (Fsp3) is 0.833. The van der Waals surface area contributed by atoms with Gasteiger partial charge in [-0.2, -0.15) is 4.63 Å². The van der Waals surface area contributed by atoms with Gasteiger partial charge in [0, 0.05) is 25.0 Å². The molecule has 0 radical (unpaired) electrons. The topological polar surface area (TPSA) is 61.8 Å². The number of carbonyl (C=O) groups excluding carboxylic acids is 1. The molecule has 1 saturated heterocycles. The molecule has 0 spiro atoms. The number of hydrogen-bond donors (Lipinski definition) is 0. The van der Waals surface area contributed by atoms with Gasteiger partial charge in [-0.15, -0.1) is 0 Å². The third-order valence-electron chi connectivity index (χ3n) is 1.76. The standard InChI is InChI=1S/C6H11N3O4/c1-6(10)11-5-12-9-8(13-9)7-3-2-4-7/h2-5H2,1H3. The molecule has 1 aromatic rings. The number of hydrogen-bond acceptors (Lipinski definition) is 5. The van der Waals surface area contributed by atoms with E-state index < -0.39 is 0 Å². The van der Waals surface area contributed by atoms with Crippen LogP contribution in [0.4, 0.5) is 0 Å². The first-order chi connectivity index (χ1) is 6.27. The highest BCUT2D eigenvalue weighted by molar-refractivity contribution is 5.65. The molecule has 0 bridgehead atoms. The number of rotatable bonds is 4. The Morgan fingerprint density at radius 1 is 1.54 bits per heavy atom. The van der Waals surface area contributed by atoms with E-state index in [1.807, 2.05) is 5.01 Å². The molecule has 7 heteroatoms. The van der Waals surface area contributed by atoms with Crippen molar-refractivity contribution in [2.45, 2.75) is 13.3 Å². The summed E-state index contributed by atoms with van der Waals surface area (Å²) in [6.45, 7) is 3.13. The summed E-state index contributed by atoms with van der Waals surface area (Å²) in [6, 6.07) is 0. The summed E-state index contributed by atoms with van der Waals surface area (Å²) >= 11 is 0. The molecule has 7 nitrogen and oxygen atoms in total. The zero-order valence-electron chi connectivity index (χ0n) is 7.30. The summed E-state index contributed by atoms with van der Waals surface area (Å²) in [7, 11) is 0. The van der Waals surface area contributed by atoms with Crippen molar-refractivity contribution in [3.05, 3.63) is 0 Å². The van der Waals surface area contributed by atoms with Gasteiger partial charge in [0.15, 0.2) is 0 Å². The molecule has 1 aliphatic rings. The Morgan fingerprint density at radius 3 is 2.85 bits per heavy atom. The van der Waals surface area contributed by atoms with E-state index in [0.29, 0.717) is 0 Å². The minimum Gasteiger partial charge on any atom is -0.426 e. The smallest absolute Gasteiger partial charge is 0.305 e. The van der Waals surface area contributed by atoms with Crippen LogP contribution in [0, 0.1) is 0 Å². The number of esters is 1. The lowest BCUT2D eigenvalue weighted by molar-refractivity contribution is -0.156. The zero-order valence-corrected chi connectivity index (χ0v) is 7.30. The second-order valence-corrected chi connectivity index (χ2v) is 2.76. The fourth-order valence-electron chi connectivity index (χ4n) is 0.899. The van der Waals surface area contributed by atoms with Crippen LogP contribution in [-0.2, 0) is 9.53 Å². The predicted molar refractivity (Wildman–Crippen MR) is 40.5 cm³/mol. The van der Waals surface area contributed by atoms with Gasteiger partial charge in [-0.1, -0.05) is 0 Å². The van der Waals surface area contributed by atoms with Gasteiger partial charge in [-0.3, -0.25) is 9.80 Å². The van der Waals surface area contributed by atoms with E-state index in [9.17, 15) is 4.79 Å². The molecule has 0 aliphatic carbocycles. The normalized spacial score (nSPS) is 15.6. The highest BCUT2D eigenvalue weighted by Gasteiger charge is 2.25. The van der Waals surface area contributed by atoms with Gasteiger partial charge in [-0.05, 0) is 6.42 Å². The van der Waals surface area contributed by atoms with Crippen LogP contribution in [0.5, 0.6) is 0 Å². The minimum absolute atomic E-state index is 0.125. The van der Waals surface area contributed by atoms with E-state index in [1.54, 1.807) is 0 Å². The van der Waals surface area contributed by atoms with Crippen molar-refractivity contribution in [3.63, 3.8) is 0 Å². The summed E-state index contributed by atoms with van der Waals surface area (Å²) in [6.07, 6.45) is 1.16. The van der Waals surface area contributed by atoms with Crippen molar-refractivity contribution in [2.75, 3.05) is 24.9 Å². The number of aromatic nitrogens is 2. The lowest BCUT2D eigenvalue weighted by Gasteiger charge is -2.25. The van der Waals surface area contributed by atoms with Gasteiger partial charge < -0.3 is 9.57 Å². The molecule has 0 N–H and O–H groups in total. The Labute approximate surface area is 74.2 Å². The average Bonchev–Trinajstić information content (AvgIpc) is 2.63. The lowest BCUT2D eigenvalue weighted by atomic mass is 10.3. The van der Waals surface area contributed by atoms with Crippen molar-refractivity contribution in [1.82, 2.24) is 9.98 Å². The summed E-state index contributed by atoms with van der Waals surface area (Å²) < 4.78 is 9.43. The molecule has 0 saturated carbocycles. The zero-order chi connectivity index (χ0) is 9.26. The van der Waals surface area contributed by atoms with Gasteiger partial charge in [-0.25, -0.2) is 0 Å². The number of ether oxygens (including phenoxy) is 1. The monoisotopic (exact) mass is 189 g/mol. The third-order valence-corrected chi connectivity index (χ3v) is 1.76. The molecule has 0 amide bonds. The molecule has 74 valence electrons. The summed E-state index contributed by atoms with van der Waals surface area (Å²) in [5.41, 5.74) is 0. The highest BCUT2D eigenvalue weighted by Crippen LogP contribution is 2.07. The van der Waals surface area contributed by atoms with Crippen LogP contribution in [0.1, 0.15) is 13.3 Å². The van der Waals surface area contributed by atoms with Crippen molar-refractivity contribution in [3.8, 4) is 0 Å². The molecule has 0 atom stereocenters. The van der Waals surface area contributed by atoms with Crippen LogP contribution in [0.15, 0.2) is 4.63 Å². The van der Waals surface area contributed by atoms with E-state index in [4.69, 9.17) is 9.47 Å². The van der Waals surface area contributed by atoms with E-state index in [1.165, 1.54) is 16.9 Å². The highest BCUT2D eigenvalue weighted by atomic mass is 17.0. The molecule has 2 heterocycles. The maximum absolute atomic E-state index is 10.3. The van der Waals surface area contributed by atoms with Crippen molar-refractivity contribution < 1.29 is 19.0 Å². The van der Waals surface area contributed by atoms with Crippen LogP contribution in [0.25, 0.3) is 0 Å². The molecule has 13 heavy (non-hydrogen) atoms. The van der Waals surface area contributed by atoms with Gasteiger partial charge in [0.2, 0.25) is 0 Å². The Balaban J connectivity index is 1.65. The van der Waals surface area contributed by atoms with Gasteiger partial charge in [0.05, 0.1) is 0 Å². The fourth-order valence-corrected chi connectivity index (χ4v) is 0.899. The van der Waals surface area contributed by atoms with Gasteiger partial charge in [0.1, 0.15) is 5.02 Å². The van der Waals surface area contributed by atoms with Crippen molar-refractivity contribution in [1.29, 1.82) is 0 Å². The third kappa shape index (κ3) is 1.79. The van der Waals surface area contributed by atoms with Crippen LogP contribution in [-0.4, -0.2) is 35.8 Å². The van der Waals surface area contributed by atoms with E-state index in [-0.39, 0.29) is 12.8 Å². The summed E-state index contributed by atoms with van der Waals surface area (Å²) in [4.78, 5) is 16.7. The molecular formula is C6H11N3O4. The minimum atomic E-state index is -0.377. The first-order valence-corrected chi connectivity index (χ1v) is 4.07. The van der Waals surface area contributed by atoms with E-state index in [0.717, 1.165) is 19.5 Å². The predicted octanol–water partition coefficient (Wildman–Crippen LogP) is -0.826. The Bertz CT molecular complexity index is 282. The Hall–Kier alpha value is -1.53. The number of carbonyl (C=O) groups is 1. The van der Waals surface area contributed by atoms with Crippen LogP contribution in [0.3, 0.4) is 0 Å². The van der Waals surface area contributed by atoms with E-state index in [2.05, 4.69) is 4.74 Å². The molecule has 1 aliphatic heterocycles. The van der Waals surface area contributed by atoms with Gasteiger partial charge >= 0.3 is 5.97 Å². The largest absolute Gasteiger partial charge is 0.426 e. The Morgan fingerprint density at radius 2 is 2.31 bits per heavy atom. The first-order valence-electron chi connectivity index (χ1n) is 4.07. The molecule has 0 unspecified atom stereocenters. The SMILES string of the molecule is CC(=O)OCOn1on1N1CCC1. The lowest BCUT2D eigenvalue weighted by Crippen LogP contribution is -2.44. The molecule has 1 aromatic heterocycles. The van der Waals surface area contributed by atoms with Gasteiger partial charge in [0.25, 0.3) is 6.79 Å². The maximum atomic E-state index is 10.3. The molecule has 2 rings (SSSR count). The molecule has 0 aromatic carbocycles. The summed E-state index contributed by atoms with van der Waals surface area (Å²) in [5.74, 6) is -0.377. The maximum Gasteiger partial charge on any atom is 0.305 e. The number of nitrogens with zero attached hydrogens (tertiary/aromatic N) is 3. The molecular weight excluding hydrogens is 178 g/mol. The molecule has 1 fully saturated rings. The second kappa shape index (κ2) is 3.08. The Kier molecular flexibility index (Phi) is 1.91. The average molecular weight is 189 g/mol. The van der Waals surface area contributed by atoms with Crippen LogP contribution in [0.2, 0.25) is 0 Å². The first kappa shape index (κ1) is 8.09. The summed E-state index contributed by atoms with van der Waals surface area (Å²) in [5, 5.41) is 3.12. The second-order valence-electron chi connectivity index (χ2n) is 2.76. The van der Waals surface area contributed by atoms with Crippen LogP contribution < -0.4 is 9.85 Å².